The van der Waals surface area contributed by atoms with Gasteiger partial charge in [0, 0.05) is 10.0 Å². The Balaban J connectivity index is 1.75. The molecule has 0 saturated heterocycles. The molecule has 0 aliphatic heterocycles. The van der Waals surface area contributed by atoms with Crippen molar-refractivity contribution in [1.82, 2.24) is 9.97 Å². The minimum atomic E-state index is -0.124. The van der Waals surface area contributed by atoms with Gasteiger partial charge in [-0.25, -0.2) is 9.97 Å². The van der Waals surface area contributed by atoms with Gasteiger partial charge in [-0.3, -0.25) is 4.79 Å². The standard InChI is InChI=1S/C21H20BrN3O2/c1-2-18-21(25-20(27)11-14-5-9-17(22)10-6-14)23-12-19(24-18)16-7-3-15(13-26)4-8-16/h3-10,12,26H,2,11,13H2,1H3,(H,23,25,27). The number of aliphatic hydroxyl groups excluding tert-OH is 1. The lowest BCUT2D eigenvalue weighted by atomic mass is 10.1. The molecule has 0 saturated carbocycles. The topological polar surface area (TPSA) is 75.1 Å². The van der Waals surface area contributed by atoms with Crippen LogP contribution in [0.3, 0.4) is 0 Å². The van der Waals surface area contributed by atoms with Gasteiger partial charge in [0.1, 0.15) is 0 Å². The number of aryl methyl sites for hydroxylation is 1. The van der Waals surface area contributed by atoms with Crippen LogP contribution >= 0.6 is 15.9 Å². The fraction of sp³-hybridized carbons (Fsp3) is 0.190. The van der Waals surface area contributed by atoms with Crippen molar-refractivity contribution in [2.45, 2.75) is 26.4 Å². The fourth-order valence-corrected chi connectivity index (χ4v) is 2.93. The molecule has 3 aromatic rings. The molecule has 0 aliphatic carbocycles. The Kier molecular flexibility index (Phi) is 6.32. The molecule has 1 amide bonds. The van der Waals surface area contributed by atoms with Crippen LogP contribution in [0.25, 0.3) is 11.3 Å². The predicted molar refractivity (Wildman–Crippen MR) is 109 cm³/mol. The molecule has 3 rings (SSSR count). The van der Waals surface area contributed by atoms with Crippen LogP contribution in [0, 0.1) is 0 Å². The summed E-state index contributed by atoms with van der Waals surface area (Å²) in [5.41, 5.74) is 4.17. The molecule has 0 unspecified atom stereocenters. The smallest absolute Gasteiger partial charge is 0.229 e. The first-order valence-electron chi connectivity index (χ1n) is 8.69. The second kappa shape index (κ2) is 8.88. The van der Waals surface area contributed by atoms with Gasteiger partial charge in [-0.15, -0.1) is 0 Å². The van der Waals surface area contributed by atoms with Crippen molar-refractivity contribution in [3.8, 4) is 11.3 Å². The molecule has 5 nitrogen and oxygen atoms in total. The van der Waals surface area contributed by atoms with Crippen molar-refractivity contribution in [2.75, 3.05) is 5.32 Å². The predicted octanol–water partition coefficient (Wildman–Crippen LogP) is 4.14. The second-order valence-corrected chi connectivity index (χ2v) is 7.03. The van der Waals surface area contributed by atoms with E-state index in [1.54, 1.807) is 6.20 Å². The highest BCUT2D eigenvalue weighted by molar-refractivity contribution is 9.10. The third kappa shape index (κ3) is 4.99. The van der Waals surface area contributed by atoms with Gasteiger partial charge in [0.2, 0.25) is 5.91 Å². The van der Waals surface area contributed by atoms with Gasteiger partial charge in [0.25, 0.3) is 0 Å². The number of aliphatic hydroxyl groups is 1. The number of anilines is 1. The zero-order chi connectivity index (χ0) is 19.2. The van der Waals surface area contributed by atoms with Gasteiger partial charge in [-0.2, -0.15) is 0 Å². The van der Waals surface area contributed by atoms with Crippen LogP contribution in [-0.2, 0) is 24.2 Å². The van der Waals surface area contributed by atoms with Gasteiger partial charge in [0.15, 0.2) is 5.82 Å². The van der Waals surface area contributed by atoms with E-state index >= 15 is 0 Å². The molecule has 0 fully saturated rings. The number of halogens is 1. The maximum absolute atomic E-state index is 12.3. The average Bonchev–Trinajstić information content (AvgIpc) is 2.70. The Labute approximate surface area is 166 Å². The van der Waals surface area contributed by atoms with Crippen LogP contribution in [0.5, 0.6) is 0 Å². The summed E-state index contributed by atoms with van der Waals surface area (Å²) in [6.45, 7) is 1.99. The maximum Gasteiger partial charge on any atom is 0.229 e. The number of nitrogens with one attached hydrogen (secondary N) is 1. The Bertz CT molecular complexity index is 925. The second-order valence-electron chi connectivity index (χ2n) is 6.11. The van der Waals surface area contributed by atoms with Crippen molar-refractivity contribution in [2.24, 2.45) is 0 Å². The van der Waals surface area contributed by atoms with Gasteiger partial charge < -0.3 is 10.4 Å². The van der Waals surface area contributed by atoms with E-state index in [2.05, 4.69) is 31.2 Å². The Morgan fingerprint density at radius 3 is 2.37 bits per heavy atom. The largest absolute Gasteiger partial charge is 0.392 e. The summed E-state index contributed by atoms with van der Waals surface area (Å²) < 4.78 is 0.980. The number of benzene rings is 2. The molecular formula is C21H20BrN3O2. The minimum absolute atomic E-state index is 0.00943. The van der Waals surface area contributed by atoms with Crippen LogP contribution in [-0.4, -0.2) is 21.0 Å². The number of amides is 1. The highest BCUT2D eigenvalue weighted by Gasteiger charge is 2.11. The van der Waals surface area contributed by atoms with Crippen LogP contribution in [0.15, 0.2) is 59.2 Å². The molecule has 0 spiro atoms. The quantitative estimate of drug-likeness (QED) is 0.621. The first-order valence-corrected chi connectivity index (χ1v) is 9.48. The summed E-state index contributed by atoms with van der Waals surface area (Å²) >= 11 is 3.39. The van der Waals surface area contributed by atoms with E-state index in [4.69, 9.17) is 5.11 Å². The Hall–Kier alpha value is -2.57. The van der Waals surface area contributed by atoms with Crippen LogP contribution in [0.2, 0.25) is 0 Å². The van der Waals surface area contributed by atoms with Crippen molar-refractivity contribution >= 4 is 27.7 Å². The highest BCUT2D eigenvalue weighted by atomic mass is 79.9. The third-order valence-electron chi connectivity index (χ3n) is 4.15. The Morgan fingerprint density at radius 1 is 1.07 bits per heavy atom. The molecule has 2 N–H and O–H groups in total. The molecular weight excluding hydrogens is 406 g/mol. The molecule has 0 bridgehead atoms. The molecule has 1 heterocycles. The number of hydrogen-bond donors (Lipinski definition) is 2. The van der Waals surface area contributed by atoms with Crippen molar-refractivity contribution in [3.63, 3.8) is 0 Å². The van der Waals surface area contributed by atoms with E-state index in [1.165, 1.54) is 0 Å². The average molecular weight is 426 g/mol. The summed E-state index contributed by atoms with van der Waals surface area (Å²) in [6, 6.07) is 15.2. The zero-order valence-electron chi connectivity index (χ0n) is 14.9. The molecule has 6 heteroatoms. The van der Waals surface area contributed by atoms with E-state index in [0.717, 1.165) is 32.6 Å². The number of carbonyl (C=O) groups is 1. The lowest BCUT2D eigenvalue weighted by Gasteiger charge is -2.10. The molecule has 27 heavy (non-hydrogen) atoms. The number of carbonyl (C=O) groups excluding carboxylic acids is 1. The first-order chi connectivity index (χ1) is 13.1. The SMILES string of the molecule is CCc1nc(-c2ccc(CO)cc2)cnc1NC(=O)Cc1ccc(Br)cc1. The fourth-order valence-electron chi connectivity index (χ4n) is 2.66. The van der Waals surface area contributed by atoms with Crippen LogP contribution in [0.4, 0.5) is 5.82 Å². The van der Waals surface area contributed by atoms with Gasteiger partial charge in [-0.1, -0.05) is 59.3 Å². The van der Waals surface area contributed by atoms with E-state index in [-0.39, 0.29) is 18.9 Å². The molecule has 0 atom stereocenters. The molecule has 0 radical (unpaired) electrons. The van der Waals surface area contributed by atoms with Crippen molar-refractivity contribution in [1.29, 1.82) is 0 Å². The monoisotopic (exact) mass is 425 g/mol. The lowest BCUT2D eigenvalue weighted by molar-refractivity contribution is -0.115. The number of aromatic nitrogens is 2. The minimum Gasteiger partial charge on any atom is -0.392 e. The van der Waals surface area contributed by atoms with E-state index in [9.17, 15) is 4.79 Å². The van der Waals surface area contributed by atoms with E-state index in [1.807, 2.05) is 55.5 Å². The molecule has 0 aliphatic rings. The first kappa shape index (κ1) is 19.2. The normalized spacial score (nSPS) is 10.6. The summed E-state index contributed by atoms with van der Waals surface area (Å²) in [6.07, 6.45) is 2.59. The Morgan fingerprint density at radius 2 is 1.74 bits per heavy atom. The highest BCUT2D eigenvalue weighted by Crippen LogP contribution is 2.21. The summed E-state index contributed by atoms with van der Waals surface area (Å²) in [5, 5.41) is 12.0. The van der Waals surface area contributed by atoms with E-state index in [0.29, 0.717) is 12.2 Å². The maximum atomic E-state index is 12.3. The summed E-state index contributed by atoms with van der Waals surface area (Å²) in [4.78, 5) is 21.4. The van der Waals surface area contributed by atoms with Crippen LogP contribution in [0.1, 0.15) is 23.7 Å². The third-order valence-corrected chi connectivity index (χ3v) is 4.68. The number of hydrogen-bond acceptors (Lipinski definition) is 4. The van der Waals surface area contributed by atoms with Crippen molar-refractivity contribution in [3.05, 3.63) is 76.0 Å². The molecule has 1 aromatic heterocycles. The summed E-state index contributed by atoms with van der Waals surface area (Å²) in [7, 11) is 0. The zero-order valence-corrected chi connectivity index (χ0v) is 16.5. The molecule has 138 valence electrons. The van der Waals surface area contributed by atoms with Gasteiger partial charge >= 0.3 is 0 Å². The van der Waals surface area contributed by atoms with E-state index < -0.39 is 0 Å². The number of rotatable bonds is 6. The van der Waals surface area contributed by atoms with Crippen molar-refractivity contribution < 1.29 is 9.90 Å². The van der Waals surface area contributed by atoms with Crippen LogP contribution < -0.4 is 5.32 Å². The molecule has 2 aromatic carbocycles. The van der Waals surface area contributed by atoms with Gasteiger partial charge in [-0.05, 0) is 29.7 Å². The number of nitrogens with zero attached hydrogens (tertiary/aromatic N) is 2. The lowest BCUT2D eigenvalue weighted by Crippen LogP contribution is -2.17. The van der Waals surface area contributed by atoms with Gasteiger partial charge in [0.05, 0.1) is 30.6 Å². The summed E-state index contributed by atoms with van der Waals surface area (Å²) in [5.74, 6) is 0.372.